The van der Waals surface area contributed by atoms with Gasteiger partial charge in [-0.1, -0.05) is 5.92 Å². The predicted molar refractivity (Wildman–Crippen MR) is 80.9 cm³/mol. The number of anilines is 2. The van der Waals surface area contributed by atoms with Gasteiger partial charge in [-0.05, 0) is 33.1 Å². The first-order valence-electron chi connectivity index (χ1n) is 7.08. The first kappa shape index (κ1) is 14.4. The maximum atomic E-state index is 11.0. The topological polar surface area (TPSA) is 41.4 Å². The summed E-state index contributed by atoms with van der Waals surface area (Å²) in [7, 11) is 1.73. The van der Waals surface area contributed by atoms with Gasteiger partial charge in [0.15, 0.2) is 5.82 Å². The summed E-state index contributed by atoms with van der Waals surface area (Å²) in [5, 5.41) is 0. The molecule has 5 nitrogen and oxygen atoms in total. The number of piperidine rings is 1. The number of imidazole rings is 1. The second kappa shape index (κ2) is 6.47. The third kappa shape index (κ3) is 2.79. The van der Waals surface area contributed by atoms with Crippen molar-refractivity contribution in [2.45, 2.75) is 39.7 Å². The van der Waals surface area contributed by atoms with E-state index >= 15 is 0 Å². The molecule has 1 aliphatic heterocycles. The van der Waals surface area contributed by atoms with Crippen LogP contribution in [0.2, 0.25) is 0 Å². The van der Waals surface area contributed by atoms with Crippen molar-refractivity contribution in [1.82, 2.24) is 9.55 Å². The Balaban J connectivity index is 2.40. The number of carbonyl (C=O) groups is 1. The van der Waals surface area contributed by atoms with Gasteiger partial charge < -0.3 is 14.4 Å². The molecule has 0 bridgehead atoms. The summed E-state index contributed by atoms with van der Waals surface area (Å²) >= 11 is 0. The van der Waals surface area contributed by atoms with E-state index in [1.165, 1.54) is 24.2 Å². The minimum absolute atomic E-state index is 0.619. The van der Waals surface area contributed by atoms with Gasteiger partial charge in [0, 0.05) is 20.1 Å². The zero-order chi connectivity index (χ0) is 14.5. The highest BCUT2D eigenvalue weighted by Gasteiger charge is 2.21. The van der Waals surface area contributed by atoms with Crippen molar-refractivity contribution < 1.29 is 4.79 Å². The Hall–Kier alpha value is -1.96. The Morgan fingerprint density at radius 1 is 1.35 bits per heavy atom. The fourth-order valence-corrected chi connectivity index (χ4v) is 2.57. The fourth-order valence-electron chi connectivity index (χ4n) is 2.57. The van der Waals surface area contributed by atoms with Crippen LogP contribution < -0.4 is 9.80 Å². The number of aromatic nitrogens is 2. The SMILES string of the molecule is CC#CCn1c(N2CCCCC2)nc(N(C)C=O)c1C. The van der Waals surface area contributed by atoms with Crippen LogP contribution in [0.5, 0.6) is 0 Å². The summed E-state index contributed by atoms with van der Waals surface area (Å²) in [5.74, 6) is 7.68. The van der Waals surface area contributed by atoms with Gasteiger partial charge in [0.05, 0.1) is 12.2 Å². The first-order valence-corrected chi connectivity index (χ1v) is 7.08. The van der Waals surface area contributed by atoms with E-state index in [-0.39, 0.29) is 0 Å². The van der Waals surface area contributed by atoms with Crippen molar-refractivity contribution >= 4 is 18.2 Å². The van der Waals surface area contributed by atoms with Crippen LogP contribution in [0.4, 0.5) is 11.8 Å². The number of hydrogen-bond acceptors (Lipinski definition) is 3. The Morgan fingerprint density at radius 2 is 2.05 bits per heavy atom. The van der Waals surface area contributed by atoms with Crippen molar-refractivity contribution in [3.05, 3.63) is 5.69 Å². The standard InChI is InChI=1S/C15H22N4O/c1-4-5-11-19-13(2)14(17(3)12-20)16-15(19)18-9-7-6-8-10-18/h12H,6-11H2,1-3H3. The zero-order valence-electron chi connectivity index (χ0n) is 12.5. The Labute approximate surface area is 120 Å². The van der Waals surface area contributed by atoms with Gasteiger partial charge in [0.2, 0.25) is 12.4 Å². The maximum Gasteiger partial charge on any atom is 0.215 e. The van der Waals surface area contributed by atoms with Crippen molar-refractivity contribution in [3.8, 4) is 11.8 Å². The predicted octanol–water partition coefficient (Wildman–Crippen LogP) is 1.80. The quantitative estimate of drug-likeness (QED) is 0.621. The van der Waals surface area contributed by atoms with Crippen LogP contribution in [-0.2, 0) is 11.3 Å². The number of carbonyl (C=O) groups excluding carboxylic acids is 1. The average Bonchev–Trinajstić information content (AvgIpc) is 2.82. The van der Waals surface area contributed by atoms with Crippen LogP contribution in [-0.4, -0.2) is 36.1 Å². The molecule has 1 aromatic heterocycles. The summed E-state index contributed by atoms with van der Waals surface area (Å²) in [6.45, 7) is 6.51. The number of amides is 1. The lowest BCUT2D eigenvalue weighted by atomic mass is 10.1. The molecule has 1 amide bonds. The van der Waals surface area contributed by atoms with Crippen LogP contribution in [0.1, 0.15) is 31.9 Å². The molecule has 0 radical (unpaired) electrons. The molecule has 0 spiro atoms. The minimum Gasteiger partial charge on any atom is -0.342 e. The molecule has 1 fully saturated rings. The molecule has 1 aliphatic rings. The lowest BCUT2D eigenvalue weighted by Gasteiger charge is -2.28. The van der Waals surface area contributed by atoms with E-state index in [4.69, 9.17) is 0 Å². The first-order chi connectivity index (χ1) is 9.69. The Kier molecular flexibility index (Phi) is 4.67. The van der Waals surface area contributed by atoms with Crippen LogP contribution in [0, 0.1) is 18.8 Å². The number of nitrogens with zero attached hydrogens (tertiary/aromatic N) is 4. The largest absolute Gasteiger partial charge is 0.342 e. The average molecular weight is 274 g/mol. The van der Waals surface area contributed by atoms with Crippen LogP contribution in [0.25, 0.3) is 0 Å². The minimum atomic E-state index is 0.619. The molecule has 5 heteroatoms. The van der Waals surface area contributed by atoms with Gasteiger partial charge in [0.1, 0.15) is 0 Å². The molecule has 0 unspecified atom stereocenters. The molecule has 0 saturated carbocycles. The van der Waals surface area contributed by atoms with Crippen molar-refractivity contribution in [1.29, 1.82) is 0 Å². The summed E-state index contributed by atoms with van der Waals surface area (Å²) in [4.78, 5) is 19.5. The van der Waals surface area contributed by atoms with Gasteiger partial charge >= 0.3 is 0 Å². The van der Waals surface area contributed by atoms with Gasteiger partial charge in [0.25, 0.3) is 0 Å². The van der Waals surface area contributed by atoms with E-state index in [0.29, 0.717) is 6.54 Å². The molecule has 0 N–H and O–H groups in total. The van der Waals surface area contributed by atoms with Crippen LogP contribution in [0.15, 0.2) is 0 Å². The molecule has 108 valence electrons. The van der Waals surface area contributed by atoms with E-state index in [9.17, 15) is 4.79 Å². The normalized spacial score (nSPS) is 14.7. The van der Waals surface area contributed by atoms with E-state index in [2.05, 4.69) is 26.3 Å². The molecule has 0 aliphatic carbocycles. The molecule has 2 rings (SSSR count). The van der Waals surface area contributed by atoms with Gasteiger partial charge in [-0.25, -0.2) is 0 Å². The molecule has 2 heterocycles. The number of rotatable bonds is 4. The molecular formula is C15H22N4O. The van der Waals surface area contributed by atoms with E-state index in [0.717, 1.165) is 37.0 Å². The second-order valence-electron chi connectivity index (χ2n) is 5.10. The zero-order valence-corrected chi connectivity index (χ0v) is 12.5. The van der Waals surface area contributed by atoms with Gasteiger partial charge in [-0.15, -0.1) is 5.92 Å². The van der Waals surface area contributed by atoms with E-state index in [1.807, 2.05) is 13.8 Å². The molecule has 1 saturated heterocycles. The monoisotopic (exact) mass is 274 g/mol. The van der Waals surface area contributed by atoms with Crippen LogP contribution in [0.3, 0.4) is 0 Å². The summed E-state index contributed by atoms with van der Waals surface area (Å²) in [5.41, 5.74) is 0.989. The summed E-state index contributed by atoms with van der Waals surface area (Å²) in [6.07, 6.45) is 4.48. The molecule has 0 atom stereocenters. The smallest absolute Gasteiger partial charge is 0.215 e. The third-order valence-corrected chi connectivity index (χ3v) is 3.72. The Bertz CT molecular complexity index is 532. The lowest BCUT2D eigenvalue weighted by molar-refractivity contribution is -0.107. The molecular weight excluding hydrogens is 252 g/mol. The summed E-state index contributed by atoms with van der Waals surface area (Å²) in [6, 6.07) is 0. The Morgan fingerprint density at radius 3 is 2.65 bits per heavy atom. The van der Waals surface area contributed by atoms with Crippen molar-refractivity contribution in [3.63, 3.8) is 0 Å². The van der Waals surface area contributed by atoms with Crippen molar-refractivity contribution in [2.75, 3.05) is 29.9 Å². The van der Waals surface area contributed by atoms with Crippen LogP contribution >= 0.6 is 0 Å². The highest BCUT2D eigenvalue weighted by molar-refractivity contribution is 5.74. The molecule has 20 heavy (non-hydrogen) atoms. The maximum absolute atomic E-state index is 11.0. The van der Waals surface area contributed by atoms with Gasteiger partial charge in [-0.3, -0.25) is 4.79 Å². The highest BCUT2D eigenvalue weighted by atomic mass is 16.1. The summed E-state index contributed by atoms with van der Waals surface area (Å²) < 4.78 is 2.11. The fraction of sp³-hybridized carbons (Fsp3) is 0.600. The molecule has 1 aromatic rings. The lowest BCUT2D eigenvalue weighted by Crippen LogP contribution is -2.32. The van der Waals surface area contributed by atoms with E-state index in [1.54, 1.807) is 7.05 Å². The van der Waals surface area contributed by atoms with Crippen molar-refractivity contribution in [2.24, 2.45) is 0 Å². The second-order valence-corrected chi connectivity index (χ2v) is 5.10. The van der Waals surface area contributed by atoms with Gasteiger partial charge in [-0.2, -0.15) is 4.98 Å². The van der Waals surface area contributed by atoms with E-state index < -0.39 is 0 Å². The highest BCUT2D eigenvalue weighted by Crippen LogP contribution is 2.26. The number of hydrogen-bond donors (Lipinski definition) is 0. The molecule has 0 aromatic carbocycles. The third-order valence-electron chi connectivity index (χ3n) is 3.72.